The summed E-state index contributed by atoms with van der Waals surface area (Å²) in [4.78, 5) is 0. The summed E-state index contributed by atoms with van der Waals surface area (Å²) in [7, 11) is 0. The molecule has 6 nitrogen and oxygen atoms in total. The fourth-order valence-corrected chi connectivity index (χ4v) is 1.92. The highest BCUT2D eigenvalue weighted by Crippen LogP contribution is 2.22. The summed E-state index contributed by atoms with van der Waals surface area (Å²) in [5.74, 6) is 0. The molecule has 120 valence electrons. The Kier molecular flexibility index (Phi) is 6.49. The average molecular weight is 304 g/mol. The van der Waals surface area contributed by atoms with E-state index >= 15 is 0 Å². The zero-order chi connectivity index (χ0) is 16.7. The lowest BCUT2D eigenvalue weighted by atomic mass is 10.1. The molecular weight excluding hydrogens is 280 g/mol. The van der Waals surface area contributed by atoms with Crippen LogP contribution in [0, 0.1) is 0 Å². The molecule has 0 spiro atoms. The molecule has 0 radical (unpaired) electrons. The van der Waals surface area contributed by atoms with Crippen LogP contribution in [0.4, 0.5) is 22.7 Å². The van der Waals surface area contributed by atoms with E-state index in [1.54, 1.807) is 43.3 Å². The van der Waals surface area contributed by atoms with Gasteiger partial charge < -0.3 is 33.1 Å². The fourth-order valence-electron chi connectivity index (χ4n) is 1.92. The van der Waals surface area contributed by atoms with E-state index in [0.29, 0.717) is 34.7 Å². The number of benzene rings is 2. The molecule has 2 rings (SSSR count). The van der Waals surface area contributed by atoms with Gasteiger partial charge in [-0.25, -0.2) is 0 Å². The number of anilines is 4. The first-order chi connectivity index (χ1) is 10.3. The van der Waals surface area contributed by atoms with Crippen LogP contribution in [0.3, 0.4) is 0 Å². The number of aliphatic hydroxyl groups excluding tert-OH is 2. The van der Waals surface area contributed by atoms with E-state index in [1.807, 2.05) is 0 Å². The van der Waals surface area contributed by atoms with Crippen molar-refractivity contribution in [1.82, 2.24) is 0 Å². The van der Waals surface area contributed by atoms with E-state index < -0.39 is 6.10 Å². The second-order valence-corrected chi connectivity index (χ2v) is 5.00. The van der Waals surface area contributed by atoms with Crippen LogP contribution in [0.15, 0.2) is 36.4 Å². The molecule has 0 aliphatic heterocycles. The molecule has 2 aromatic carbocycles. The number of hydrogen-bond donors (Lipinski definition) is 6. The number of aliphatic hydroxyl groups is 2. The van der Waals surface area contributed by atoms with Crippen LogP contribution in [0.25, 0.3) is 0 Å². The van der Waals surface area contributed by atoms with Gasteiger partial charge in [0.15, 0.2) is 0 Å². The quantitative estimate of drug-likeness (QED) is 0.471. The molecule has 0 aliphatic rings. The van der Waals surface area contributed by atoms with Crippen molar-refractivity contribution in [3.8, 4) is 0 Å². The predicted octanol–water partition coefficient (Wildman–Crippen LogP) is 1.29. The minimum absolute atomic E-state index is 0.105. The molecule has 6 heteroatoms. The van der Waals surface area contributed by atoms with E-state index in [4.69, 9.17) is 28.0 Å². The average Bonchev–Trinajstić information content (AvgIpc) is 2.46. The third-order valence-corrected chi connectivity index (χ3v) is 3.11. The van der Waals surface area contributed by atoms with Crippen molar-refractivity contribution >= 4 is 22.7 Å². The van der Waals surface area contributed by atoms with Crippen LogP contribution in [0.5, 0.6) is 0 Å². The molecule has 1 unspecified atom stereocenters. The van der Waals surface area contributed by atoms with Crippen LogP contribution < -0.4 is 22.9 Å². The van der Waals surface area contributed by atoms with Crippen molar-refractivity contribution in [2.75, 3.05) is 29.5 Å². The van der Waals surface area contributed by atoms with Crippen LogP contribution in [0.2, 0.25) is 0 Å². The Labute approximate surface area is 130 Å². The second-order valence-electron chi connectivity index (χ2n) is 5.00. The van der Waals surface area contributed by atoms with Gasteiger partial charge in [0, 0.05) is 34.9 Å². The molecule has 0 amide bonds. The fraction of sp³-hybridized carbons (Fsp3) is 0.250. The lowest BCUT2D eigenvalue weighted by Crippen LogP contribution is -1.99. The van der Waals surface area contributed by atoms with Crippen LogP contribution in [-0.4, -0.2) is 16.8 Å². The molecule has 0 bridgehead atoms. The molecule has 0 saturated heterocycles. The predicted molar refractivity (Wildman–Crippen MR) is 92.0 cm³/mol. The molecule has 0 aromatic heterocycles. The maximum Gasteiger partial charge on any atom is 0.0782 e. The molecule has 10 N–H and O–H groups in total. The molecule has 0 fully saturated rings. The molecule has 0 aliphatic carbocycles. The summed E-state index contributed by atoms with van der Waals surface area (Å²) in [6.45, 7) is 1.76. The van der Waals surface area contributed by atoms with Gasteiger partial charge in [0.2, 0.25) is 0 Å². The Morgan fingerprint density at radius 3 is 1.95 bits per heavy atom. The van der Waals surface area contributed by atoms with Crippen LogP contribution in [0.1, 0.15) is 24.2 Å². The number of rotatable bonds is 3. The highest BCUT2D eigenvalue weighted by Gasteiger charge is 2.04. The minimum atomic E-state index is -0.557. The van der Waals surface area contributed by atoms with Gasteiger partial charge >= 0.3 is 0 Å². The minimum Gasteiger partial charge on any atom is -0.399 e. The van der Waals surface area contributed by atoms with Gasteiger partial charge in [-0.05, 0) is 55.3 Å². The highest BCUT2D eigenvalue weighted by atomic mass is 16.3. The normalized spacial score (nSPS) is 11.4. The number of nitrogen functional groups attached to an aromatic ring is 4. The lowest BCUT2D eigenvalue weighted by molar-refractivity contribution is 0.200. The molecular formula is C16H24N4O2. The van der Waals surface area contributed by atoms with Crippen molar-refractivity contribution < 1.29 is 10.2 Å². The van der Waals surface area contributed by atoms with Crippen molar-refractivity contribution in [3.05, 3.63) is 47.5 Å². The lowest BCUT2D eigenvalue weighted by Gasteiger charge is -2.08. The third-order valence-electron chi connectivity index (χ3n) is 3.11. The summed E-state index contributed by atoms with van der Waals surface area (Å²) < 4.78 is 0. The molecule has 22 heavy (non-hydrogen) atoms. The summed E-state index contributed by atoms with van der Waals surface area (Å²) >= 11 is 0. The van der Waals surface area contributed by atoms with Gasteiger partial charge in [-0.3, -0.25) is 0 Å². The Bertz CT molecular complexity index is 615. The van der Waals surface area contributed by atoms with Gasteiger partial charge in [-0.2, -0.15) is 0 Å². The first-order valence-electron chi connectivity index (χ1n) is 6.92. The van der Waals surface area contributed by atoms with E-state index in [1.165, 1.54) is 0 Å². The molecule has 0 saturated carbocycles. The summed E-state index contributed by atoms with van der Waals surface area (Å²) in [6, 6.07) is 10.4. The Morgan fingerprint density at radius 1 is 0.909 bits per heavy atom. The zero-order valence-electron chi connectivity index (χ0n) is 12.7. The van der Waals surface area contributed by atoms with Crippen molar-refractivity contribution in [3.63, 3.8) is 0 Å². The zero-order valence-corrected chi connectivity index (χ0v) is 12.7. The van der Waals surface area contributed by atoms with E-state index in [-0.39, 0.29) is 6.61 Å². The monoisotopic (exact) mass is 304 g/mol. The van der Waals surface area contributed by atoms with Crippen molar-refractivity contribution in [1.29, 1.82) is 0 Å². The van der Waals surface area contributed by atoms with Crippen molar-refractivity contribution in [2.45, 2.75) is 19.4 Å². The standard InChI is InChI=1S/2C8H12N2O/c1-5(11)7-4-6(9)2-3-8(7)10;9-7-1-2-8(10)6(5-7)3-4-11/h2-5,11H,9-10H2,1H3;1-2,5,11H,3-4,9-10H2. The van der Waals surface area contributed by atoms with E-state index in [2.05, 4.69) is 0 Å². The maximum atomic E-state index is 9.19. The van der Waals surface area contributed by atoms with Crippen LogP contribution >= 0.6 is 0 Å². The van der Waals surface area contributed by atoms with Gasteiger partial charge in [-0.1, -0.05) is 0 Å². The third kappa shape index (κ3) is 5.16. The number of hydrogen-bond acceptors (Lipinski definition) is 6. The summed E-state index contributed by atoms with van der Waals surface area (Å²) in [5.41, 5.74) is 26.4. The first kappa shape index (κ1) is 17.6. The summed E-state index contributed by atoms with van der Waals surface area (Å²) in [6.07, 6.45) is 0.00940. The van der Waals surface area contributed by atoms with Gasteiger partial charge in [-0.15, -0.1) is 0 Å². The Morgan fingerprint density at radius 2 is 1.45 bits per heavy atom. The largest absolute Gasteiger partial charge is 0.399 e. The molecule has 2 aromatic rings. The highest BCUT2D eigenvalue weighted by molar-refractivity contribution is 5.56. The maximum absolute atomic E-state index is 9.19. The van der Waals surface area contributed by atoms with Gasteiger partial charge in [0.1, 0.15) is 0 Å². The van der Waals surface area contributed by atoms with Crippen molar-refractivity contribution in [2.24, 2.45) is 0 Å². The Balaban J connectivity index is 0.000000220. The molecule has 1 atom stereocenters. The van der Waals surface area contributed by atoms with Crippen LogP contribution in [-0.2, 0) is 6.42 Å². The van der Waals surface area contributed by atoms with E-state index in [0.717, 1.165) is 5.56 Å². The Hall–Kier alpha value is -2.44. The first-order valence-corrected chi connectivity index (χ1v) is 6.92. The number of nitrogens with two attached hydrogens (primary N) is 4. The smallest absolute Gasteiger partial charge is 0.0782 e. The van der Waals surface area contributed by atoms with Gasteiger partial charge in [0.05, 0.1) is 6.10 Å². The van der Waals surface area contributed by atoms with Gasteiger partial charge in [0.25, 0.3) is 0 Å². The molecule has 0 heterocycles. The second kappa shape index (κ2) is 8.11. The summed E-state index contributed by atoms with van der Waals surface area (Å²) in [5, 5.41) is 17.8. The SMILES string of the molecule is CC(O)c1cc(N)ccc1N.Nc1ccc(N)c(CCO)c1. The van der Waals surface area contributed by atoms with E-state index in [9.17, 15) is 5.11 Å². The topological polar surface area (TPSA) is 145 Å².